The molecule has 0 unspecified atom stereocenters. The number of aliphatic hydroxyl groups is 1. The Hall–Kier alpha value is -1.94. The van der Waals surface area contributed by atoms with E-state index < -0.39 is 5.60 Å². The summed E-state index contributed by atoms with van der Waals surface area (Å²) >= 11 is 5.97. The molecule has 2 heterocycles. The summed E-state index contributed by atoms with van der Waals surface area (Å²) in [5, 5.41) is 29.3. The van der Waals surface area contributed by atoms with Crippen LogP contribution in [0.25, 0.3) is 0 Å². The normalized spacial score (nSPS) is 21.4. The first-order valence-electron chi connectivity index (χ1n) is 8.47. The van der Waals surface area contributed by atoms with E-state index in [0.29, 0.717) is 35.8 Å². The highest BCUT2D eigenvalue weighted by Gasteiger charge is 2.37. The minimum atomic E-state index is -1.01. The van der Waals surface area contributed by atoms with Gasteiger partial charge >= 0.3 is 0 Å². The second kappa shape index (κ2) is 7.12. The number of hydrogen-bond acceptors (Lipinski definition) is 5. The molecule has 6 nitrogen and oxygen atoms in total. The number of benzene rings is 1. The number of piperidine rings is 1. The quantitative estimate of drug-likeness (QED) is 0.908. The van der Waals surface area contributed by atoms with Gasteiger partial charge in [-0.3, -0.25) is 4.90 Å². The fourth-order valence-corrected chi connectivity index (χ4v) is 3.41. The topological polar surface area (TPSA) is 78.0 Å². The van der Waals surface area contributed by atoms with Crippen LogP contribution in [0.3, 0.4) is 0 Å². The maximum Gasteiger partial charge on any atom is 0.123 e. The molecule has 0 radical (unpaired) electrons. The van der Waals surface area contributed by atoms with Crippen LogP contribution in [0.15, 0.2) is 24.4 Å². The number of hydrogen-bond donors (Lipinski definition) is 1. The van der Waals surface area contributed by atoms with E-state index in [9.17, 15) is 10.4 Å². The van der Waals surface area contributed by atoms with Crippen molar-refractivity contribution in [2.24, 2.45) is 0 Å². The summed E-state index contributed by atoms with van der Waals surface area (Å²) in [6, 6.07) is 7.75. The van der Waals surface area contributed by atoms with E-state index in [0.717, 1.165) is 18.5 Å². The van der Waals surface area contributed by atoms with Crippen LogP contribution < -0.4 is 0 Å². The van der Waals surface area contributed by atoms with Gasteiger partial charge < -0.3 is 5.11 Å². The van der Waals surface area contributed by atoms with E-state index in [2.05, 4.69) is 21.3 Å². The average molecular weight is 360 g/mol. The zero-order valence-electron chi connectivity index (χ0n) is 14.5. The van der Waals surface area contributed by atoms with Gasteiger partial charge in [-0.25, -0.2) is 4.68 Å². The molecule has 1 aromatic carbocycles. The number of nitrogens with zero attached hydrogens (tertiary/aromatic N) is 5. The van der Waals surface area contributed by atoms with E-state index >= 15 is 0 Å². The second-order valence-electron chi connectivity index (χ2n) is 6.94. The van der Waals surface area contributed by atoms with Crippen molar-refractivity contribution in [3.05, 3.63) is 46.2 Å². The molecule has 0 saturated carbocycles. The summed E-state index contributed by atoms with van der Waals surface area (Å²) in [6.07, 6.45) is 3.35. The fourth-order valence-electron chi connectivity index (χ4n) is 3.24. The standard InChI is InChI=1S/C18H22ClN5O/c1-13(2)24-11-17(21-22-24)18(25)6-3-7-23(12-18)10-14-4-5-16(19)8-15(14)9-20/h4-5,8,11,13,25H,3,6-7,10,12H2,1-2H3/t18-/m1/s1. The number of β-amino-alcohol motifs (C(OH)–C–C–N with tert-alkyl or cyclic N) is 1. The molecule has 25 heavy (non-hydrogen) atoms. The van der Waals surface area contributed by atoms with Crippen molar-refractivity contribution < 1.29 is 5.11 Å². The third kappa shape index (κ3) is 3.84. The van der Waals surface area contributed by atoms with Gasteiger partial charge in [0.1, 0.15) is 11.3 Å². The highest BCUT2D eigenvalue weighted by molar-refractivity contribution is 6.30. The Balaban J connectivity index is 1.78. The summed E-state index contributed by atoms with van der Waals surface area (Å²) in [6.45, 7) is 5.99. The monoisotopic (exact) mass is 359 g/mol. The summed E-state index contributed by atoms with van der Waals surface area (Å²) < 4.78 is 1.76. The van der Waals surface area contributed by atoms with Crippen molar-refractivity contribution in [3.63, 3.8) is 0 Å². The van der Waals surface area contributed by atoms with Crippen LogP contribution in [-0.2, 0) is 12.1 Å². The lowest BCUT2D eigenvalue weighted by molar-refractivity contribution is -0.0414. The van der Waals surface area contributed by atoms with Crippen LogP contribution >= 0.6 is 11.6 Å². The lowest BCUT2D eigenvalue weighted by Gasteiger charge is -2.38. The Kier molecular flexibility index (Phi) is 5.09. The highest BCUT2D eigenvalue weighted by Crippen LogP contribution is 2.31. The summed E-state index contributed by atoms with van der Waals surface area (Å²) in [5.74, 6) is 0. The summed E-state index contributed by atoms with van der Waals surface area (Å²) in [7, 11) is 0. The van der Waals surface area contributed by atoms with Crippen molar-refractivity contribution >= 4 is 11.6 Å². The molecule has 0 amide bonds. The minimum absolute atomic E-state index is 0.205. The highest BCUT2D eigenvalue weighted by atomic mass is 35.5. The fraction of sp³-hybridized carbons (Fsp3) is 0.500. The molecule has 0 aliphatic carbocycles. The molecule has 2 aromatic rings. The van der Waals surface area contributed by atoms with Gasteiger partial charge in [0.05, 0.1) is 17.8 Å². The number of likely N-dealkylation sites (tertiary alicyclic amines) is 1. The Morgan fingerprint density at radius 3 is 2.92 bits per heavy atom. The average Bonchev–Trinajstić information content (AvgIpc) is 3.08. The van der Waals surface area contributed by atoms with E-state index in [1.165, 1.54) is 0 Å². The third-order valence-electron chi connectivity index (χ3n) is 4.65. The van der Waals surface area contributed by atoms with Gasteiger partial charge in [0.2, 0.25) is 0 Å². The zero-order valence-corrected chi connectivity index (χ0v) is 15.2. The first kappa shape index (κ1) is 17.9. The SMILES string of the molecule is CC(C)n1cc([C@@]2(O)CCCN(Cc3ccc(Cl)cc3C#N)C2)nn1. The Labute approximate surface area is 152 Å². The first-order valence-corrected chi connectivity index (χ1v) is 8.84. The van der Waals surface area contributed by atoms with Crippen molar-refractivity contribution in [2.45, 2.75) is 44.9 Å². The third-order valence-corrected chi connectivity index (χ3v) is 4.89. The Morgan fingerprint density at radius 2 is 2.24 bits per heavy atom. The molecule has 132 valence electrons. The lowest BCUT2D eigenvalue weighted by atomic mass is 9.89. The van der Waals surface area contributed by atoms with Gasteiger partial charge in [0.15, 0.2) is 0 Å². The molecule has 1 saturated heterocycles. The van der Waals surface area contributed by atoms with Crippen molar-refractivity contribution in [3.8, 4) is 6.07 Å². The minimum Gasteiger partial charge on any atom is -0.382 e. The molecule has 3 rings (SSSR count). The van der Waals surface area contributed by atoms with Crippen LogP contribution in [0, 0.1) is 11.3 Å². The van der Waals surface area contributed by atoms with Crippen molar-refractivity contribution in [1.82, 2.24) is 19.9 Å². The molecule has 1 fully saturated rings. The van der Waals surface area contributed by atoms with Gasteiger partial charge in [-0.2, -0.15) is 5.26 Å². The number of rotatable bonds is 4. The van der Waals surface area contributed by atoms with Crippen LogP contribution in [0.2, 0.25) is 5.02 Å². The largest absolute Gasteiger partial charge is 0.382 e. The Bertz CT molecular complexity index is 797. The zero-order chi connectivity index (χ0) is 18.0. The lowest BCUT2D eigenvalue weighted by Crippen LogP contribution is -2.46. The van der Waals surface area contributed by atoms with Crippen LogP contribution in [0.1, 0.15) is 49.6 Å². The number of halogens is 1. The van der Waals surface area contributed by atoms with Gasteiger partial charge in [-0.15, -0.1) is 5.10 Å². The van der Waals surface area contributed by atoms with Gasteiger partial charge in [-0.05, 0) is 50.9 Å². The van der Waals surface area contributed by atoms with E-state index in [-0.39, 0.29) is 6.04 Å². The molecule has 1 aliphatic rings. The van der Waals surface area contributed by atoms with E-state index in [4.69, 9.17) is 11.6 Å². The van der Waals surface area contributed by atoms with E-state index in [1.807, 2.05) is 26.1 Å². The molecule has 0 bridgehead atoms. The molecule has 1 aliphatic heterocycles. The van der Waals surface area contributed by atoms with Crippen LogP contribution in [0.4, 0.5) is 0 Å². The predicted molar refractivity (Wildman–Crippen MR) is 95.0 cm³/mol. The molecule has 0 spiro atoms. The summed E-state index contributed by atoms with van der Waals surface area (Å²) in [4.78, 5) is 2.15. The van der Waals surface area contributed by atoms with E-state index in [1.54, 1.807) is 16.8 Å². The van der Waals surface area contributed by atoms with Crippen molar-refractivity contribution in [2.75, 3.05) is 13.1 Å². The van der Waals surface area contributed by atoms with Crippen LogP contribution in [0.5, 0.6) is 0 Å². The van der Waals surface area contributed by atoms with Gasteiger partial charge in [0, 0.05) is 24.2 Å². The molecular weight excluding hydrogens is 338 g/mol. The Morgan fingerprint density at radius 1 is 1.44 bits per heavy atom. The molecular formula is C18H22ClN5O. The van der Waals surface area contributed by atoms with Crippen molar-refractivity contribution in [1.29, 1.82) is 5.26 Å². The maximum atomic E-state index is 11.1. The first-order chi connectivity index (χ1) is 11.9. The summed E-state index contributed by atoms with van der Waals surface area (Å²) in [5.41, 5.74) is 1.10. The molecule has 1 atom stereocenters. The molecule has 1 aromatic heterocycles. The van der Waals surface area contributed by atoms with Gasteiger partial charge in [0.25, 0.3) is 0 Å². The second-order valence-corrected chi connectivity index (χ2v) is 7.37. The smallest absolute Gasteiger partial charge is 0.123 e. The maximum absolute atomic E-state index is 11.1. The number of aromatic nitrogens is 3. The molecule has 7 heteroatoms. The van der Waals surface area contributed by atoms with Gasteiger partial charge in [-0.1, -0.05) is 22.9 Å². The predicted octanol–water partition coefficient (Wildman–Crippen LogP) is 2.87. The number of nitriles is 1. The molecule has 1 N–H and O–H groups in total. The van der Waals surface area contributed by atoms with Crippen LogP contribution in [-0.4, -0.2) is 38.1 Å².